The number of anilines is 1. The Bertz CT molecular complexity index is 555. The molecule has 118 valence electrons. The van der Waals surface area contributed by atoms with Crippen LogP contribution in [0, 0.1) is 0 Å². The second-order valence-corrected chi connectivity index (χ2v) is 7.04. The summed E-state index contributed by atoms with van der Waals surface area (Å²) in [5.74, 6) is 0.868. The molecule has 1 amide bonds. The van der Waals surface area contributed by atoms with Gasteiger partial charge in [0.15, 0.2) is 0 Å². The van der Waals surface area contributed by atoms with Gasteiger partial charge < -0.3 is 9.31 Å². The highest BCUT2D eigenvalue weighted by Crippen LogP contribution is 2.36. The third kappa shape index (κ3) is 2.65. The molecule has 0 aromatic carbocycles. The Kier molecular flexibility index (Phi) is 3.77. The van der Waals surface area contributed by atoms with E-state index in [2.05, 4.69) is 4.98 Å². The molecule has 2 saturated heterocycles. The largest absolute Gasteiger partial charge is 0.496 e. The zero-order valence-corrected chi connectivity index (χ0v) is 13.8. The van der Waals surface area contributed by atoms with Gasteiger partial charge in [-0.05, 0) is 46.6 Å². The highest BCUT2D eigenvalue weighted by atomic mass is 16.7. The molecule has 5 nitrogen and oxygen atoms in total. The quantitative estimate of drug-likeness (QED) is 0.783. The van der Waals surface area contributed by atoms with Crippen LogP contribution in [-0.4, -0.2) is 35.8 Å². The molecule has 0 spiro atoms. The van der Waals surface area contributed by atoms with Crippen molar-refractivity contribution in [2.24, 2.45) is 0 Å². The van der Waals surface area contributed by atoms with Crippen molar-refractivity contribution < 1.29 is 14.1 Å². The topological polar surface area (TPSA) is 51.7 Å². The van der Waals surface area contributed by atoms with Gasteiger partial charge in [0.2, 0.25) is 5.91 Å². The fourth-order valence-electron chi connectivity index (χ4n) is 2.72. The number of aromatic nitrogens is 1. The number of carbonyl (C=O) groups excluding carboxylic acids is 1. The standard InChI is InChI=1S/C16H23BN2O3/c1-15(2)16(3,4)22-17(21-15)12-8-9-13(18-11-12)19-10-6-5-7-14(19)20/h8-9,11H,5-7,10H2,1-4H3. The molecule has 22 heavy (non-hydrogen) atoms. The molecule has 2 aliphatic rings. The van der Waals surface area contributed by atoms with Crippen molar-refractivity contribution in [3.05, 3.63) is 18.3 Å². The first kappa shape index (κ1) is 15.5. The highest BCUT2D eigenvalue weighted by molar-refractivity contribution is 6.62. The molecule has 1 aromatic rings. The fraction of sp³-hybridized carbons (Fsp3) is 0.625. The molecule has 0 aliphatic carbocycles. The van der Waals surface area contributed by atoms with Crippen molar-refractivity contribution in [3.63, 3.8) is 0 Å². The van der Waals surface area contributed by atoms with Crippen LogP contribution in [0.4, 0.5) is 5.82 Å². The predicted octanol–water partition coefficient (Wildman–Crippen LogP) is 1.90. The monoisotopic (exact) mass is 302 g/mol. The van der Waals surface area contributed by atoms with Crippen molar-refractivity contribution in [1.82, 2.24) is 4.98 Å². The average molecular weight is 302 g/mol. The van der Waals surface area contributed by atoms with Gasteiger partial charge in [-0.25, -0.2) is 4.98 Å². The summed E-state index contributed by atoms with van der Waals surface area (Å²) in [6.45, 7) is 8.87. The van der Waals surface area contributed by atoms with E-state index in [4.69, 9.17) is 9.31 Å². The minimum Gasteiger partial charge on any atom is -0.399 e. The molecule has 0 bridgehead atoms. The molecular formula is C16H23BN2O3. The molecule has 3 heterocycles. The van der Waals surface area contributed by atoms with E-state index in [1.165, 1.54) is 0 Å². The number of nitrogens with zero attached hydrogens (tertiary/aromatic N) is 2. The summed E-state index contributed by atoms with van der Waals surface area (Å²) in [5.41, 5.74) is 0.157. The Morgan fingerprint density at radius 2 is 1.82 bits per heavy atom. The SMILES string of the molecule is CC1(C)OB(c2ccc(N3CCCCC3=O)nc2)OC1(C)C. The third-order valence-corrected chi connectivity index (χ3v) is 4.90. The summed E-state index contributed by atoms with van der Waals surface area (Å²) in [7, 11) is -0.413. The molecule has 3 rings (SSSR count). The first-order chi connectivity index (χ1) is 10.3. The number of hydrogen-bond acceptors (Lipinski definition) is 4. The average Bonchev–Trinajstić information content (AvgIpc) is 2.68. The van der Waals surface area contributed by atoms with Crippen LogP contribution in [-0.2, 0) is 14.1 Å². The summed E-state index contributed by atoms with van der Waals surface area (Å²) < 4.78 is 12.0. The lowest BCUT2D eigenvalue weighted by molar-refractivity contribution is -0.119. The summed E-state index contributed by atoms with van der Waals surface area (Å²) >= 11 is 0. The van der Waals surface area contributed by atoms with Gasteiger partial charge in [-0.1, -0.05) is 6.07 Å². The van der Waals surface area contributed by atoms with Crippen molar-refractivity contribution >= 4 is 24.3 Å². The number of carbonyl (C=O) groups is 1. The van der Waals surface area contributed by atoms with E-state index in [0.29, 0.717) is 12.2 Å². The zero-order chi connectivity index (χ0) is 16.0. The normalized spacial score (nSPS) is 23.9. The minimum absolute atomic E-state index is 0.155. The molecule has 0 radical (unpaired) electrons. The molecule has 2 aliphatic heterocycles. The second kappa shape index (κ2) is 5.35. The number of pyridine rings is 1. The summed E-state index contributed by atoms with van der Waals surface area (Å²) in [4.78, 5) is 18.1. The first-order valence-corrected chi connectivity index (χ1v) is 7.92. The molecule has 1 aromatic heterocycles. The van der Waals surface area contributed by atoms with E-state index in [9.17, 15) is 4.79 Å². The van der Waals surface area contributed by atoms with E-state index in [-0.39, 0.29) is 17.1 Å². The molecule has 6 heteroatoms. The lowest BCUT2D eigenvalue weighted by Crippen LogP contribution is -2.41. The molecular weight excluding hydrogens is 279 g/mol. The number of amides is 1. The predicted molar refractivity (Wildman–Crippen MR) is 86.2 cm³/mol. The fourth-order valence-corrected chi connectivity index (χ4v) is 2.72. The van der Waals surface area contributed by atoms with Crippen LogP contribution in [0.3, 0.4) is 0 Å². The Morgan fingerprint density at radius 1 is 1.14 bits per heavy atom. The molecule has 2 fully saturated rings. The lowest BCUT2D eigenvalue weighted by atomic mass is 9.80. The first-order valence-electron chi connectivity index (χ1n) is 7.92. The van der Waals surface area contributed by atoms with Gasteiger partial charge in [0.25, 0.3) is 0 Å². The van der Waals surface area contributed by atoms with Crippen LogP contribution in [0.1, 0.15) is 47.0 Å². The maximum Gasteiger partial charge on any atom is 0.496 e. The second-order valence-electron chi connectivity index (χ2n) is 7.04. The molecule has 0 atom stereocenters. The van der Waals surface area contributed by atoms with E-state index in [1.807, 2.05) is 39.8 Å². The van der Waals surface area contributed by atoms with Crippen LogP contribution >= 0.6 is 0 Å². The maximum atomic E-state index is 11.9. The minimum atomic E-state index is -0.413. The van der Waals surface area contributed by atoms with Crippen LogP contribution in [0.5, 0.6) is 0 Å². The summed E-state index contributed by atoms with van der Waals surface area (Å²) in [6.07, 6.45) is 4.37. The number of piperidine rings is 1. The van der Waals surface area contributed by atoms with Gasteiger partial charge >= 0.3 is 7.12 Å². The van der Waals surface area contributed by atoms with E-state index < -0.39 is 7.12 Å². The van der Waals surface area contributed by atoms with Gasteiger partial charge in [0.05, 0.1) is 11.2 Å². The molecule has 0 saturated carbocycles. The van der Waals surface area contributed by atoms with Gasteiger partial charge in [0.1, 0.15) is 5.82 Å². The lowest BCUT2D eigenvalue weighted by Gasteiger charge is -2.32. The van der Waals surface area contributed by atoms with Crippen molar-refractivity contribution in [1.29, 1.82) is 0 Å². The Labute approximate surface area is 132 Å². The van der Waals surface area contributed by atoms with Crippen molar-refractivity contribution in [3.8, 4) is 0 Å². The van der Waals surface area contributed by atoms with Crippen LogP contribution in [0.25, 0.3) is 0 Å². The van der Waals surface area contributed by atoms with Crippen molar-refractivity contribution in [2.45, 2.75) is 58.2 Å². The Morgan fingerprint density at radius 3 is 2.36 bits per heavy atom. The number of rotatable bonds is 2. The zero-order valence-electron chi connectivity index (χ0n) is 13.8. The Balaban J connectivity index is 1.76. The molecule has 0 N–H and O–H groups in total. The van der Waals surface area contributed by atoms with Gasteiger partial charge in [0, 0.05) is 24.6 Å². The smallest absolute Gasteiger partial charge is 0.399 e. The third-order valence-electron chi connectivity index (χ3n) is 4.90. The van der Waals surface area contributed by atoms with E-state index >= 15 is 0 Å². The van der Waals surface area contributed by atoms with Crippen LogP contribution in [0.2, 0.25) is 0 Å². The van der Waals surface area contributed by atoms with Gasteiger partial charge in [-0.2, -0.15) is 0 Å². The van der Waals surface area contributed by atoms with Gasteiger partial charge in [-0.3, -0.25) is 9.69 Å². The molecule has 0 unspecified atom stereocenters. The summed E-state index contributed by atoms with van der Waals surface area (Å²) in [6, 6.07) is 3.82. The van der Waals surface area contributed by atoms with Crippen LogP contribution in [0.15, 0.2) is 18.3 Å². The van der Waals surface area contributed by atoms with E-state index in [1.54, 1.807) is 11.1 Å². The highest BCUT2D eigenvalue weighted by Gasteiger charge is 2.51. The van der Waals surface area contributed by atoms with Crippen LogP contribution < -0.4 is 10.4 Å². The summed E-state index contributed by atoms with van der Waals surface area (Å²) in [5, 5.41) is 0. The number of hydrogen-bond donors (Lipinski definition) is 0. The van der Waals surface area contributed by atoms with Gasteiger partial charge in [-0.15, -0.1) is 0 Å². The van der Waals surface area contributed by atoms with Crippen molar-refractivity contribution in [2.75, 3.05) is 11.4 Å². The van der Waals surface area contributed by atoms with E-state index in [0.717, 1.165) is 24.8 Å². The maximum absolute atomic E-state index is 11.9. The Hall–Kier alpha value is -1.40.